The van der Waals surface area contributed by atoms with Crippen LogP contribution in [0.2, 0.25) is 0 Å². The van der Waals surface area contributed by atoms with Crippen LogP contribution in [0.15, 0.2) is 55.1 Å². The first-order chi connectivity index (χ1) is 13.0. The van der Waals surface area contributed by atoms with Crippen LogP contribution in [-0.2, 0) is 19.1 Å². The molecular weight excluding hydrogens is 346 g/mol. The quantitative estimate of drug-likeness (QED) is 0.452. The van der Waals surface area contributed by atoms with E-state index >= 15 is 0 Å². The number of benzene rings is 1. The average molecular weight is 371 g/mol. The molecule has 1 aliphatic rings. The van der Waals surface area contributed by atoms with Crippen molar-refractivity contribution in [3.05, 3.63) is 60.7 Å². The molecule has 0 aromatic heterocycles. The molecule has 0 unspecified atom stereocenters. The standard InChI is InChI=1S/C21H25NO5/c1-4-14-13-16(11-12-17(23)26-3)19(18(14)21(25)27-5-2)22-20(24)15-9-7-6-8-10-15/h4,6-12,14,16,18-19H,1,5,13H2,2-3H3,(H,22,24)/b12-11-/t14-,16+,18+,19-/m0/s1. The van der Waals surface area contributed by atoms with Gasteiger partial charge in [-0.05, 0) is 37.3 Å². The minimum absolute atomic E-state index is 0.169. The largest absolute Gasteiger partial charge is 0.466 e. The van der Waals surface area contributed by atoms with E-state index in [1.807, 2.05) is 6.07 Å². The van der Waals surface area contributed by atoms with Gasteiger partial charge in [-0.2, -0.15) is 0 Å². The van der Waals surface area contributed by atoms with Crippen molar-refractivity contribution in [1.82, 2.24) is 5.32 Å². The molecule has 0 radical (unpaired) electrons. The van der Waals surface area contributed by atoms with Crippen LogP contribution in [-0.4, -0.2) is 37.6 Å². The normalized spacial score (nSPS) is 24.4. The van der Waals surface area contributed by atoms with Crippen molar-refractivity contribution in [3.8, 4) is 0 Å². The first-order valence-electron chi connectivity index (χ1n) is 8.93. The molecule has 0 bridgehead atoms. The predicted molar refractivity (Wildman–Crippen MR) is 101 cm³/mol. The van der Waals surface area contributed by atoms with Gasteiger partial charge in [0.25, 0.3) is 5.91 Å². The number of nitrogens with one attached hydrogen (secondary N) is 1. The molecule has 1 N–H and O–H groups in total. The monoisotopic (exact) mass is 371 g/mol. The number of esters is 2. The molecular formula is C21H25NO5. The molecule has 0 saturated heterocycles. The summed E-state index contributed by atoms with van der Waals surface area (Å²) in [5.74, 6) is -2.11. The summed E-state index contributed by atoms with van der Waals surface area (Å²) in [5.41, 5.74) is 0.498. The van der Waals surface area contributed by atoms with Gasteiger partial charge in [-0.1, -0.05) is 30.4 Å². The molecule has 0 heterocycles. The van der Waals surface area contributed by atoms with Crippen LogP contribution in [0.5, 0.6) is 0 Å². The first kappa shape index (κ1) is 20.4. The summed E-state index contributed by atoms with van der Waals surface area (Å²) in [6.07, 6.45) is 5.27. The molecule has 1 aromatic rings. The maximum Gasteiger partial charge on any atom is 0.330 e. The highest BCUT2D eigenvalue weighted by atomic mass is 16.5. The highest BCUT2D eigenvalue weighted by Crippen LogP contribution is 2.39. The molecule has 1 saturated carbocycles. The number of allylic oxidation sites excluding steroid dienone is 1. The lowest BCUT2D eigenvalue weighted by atomic mass is 9.92. The molecule has 0 spiro atoms. The molecule has 0 aliphatic heterocycles. The lowest BCUT2D eigenvalue weighted by Crippen LogP contribution is -2.45. The Kier molecular flexibility index (Phi) is 7.34. The predicted octanol–water partition coefficient (Wildman–Crippen LogP) is 2.52. The van der Waals surface area contributed by atoms with Gasteiger partial charge < -0.3 is 14.8 Å². The van der Waals surface area contributed by atoms with E-state index in [2.05, 4.69) is 16.6 Å². The van der Waals surface area contributed by atoms with Gasteiger partial charge in [0.15, 0.2) is 0 Å². The van der Waals surface area contributed by atoms with Crippen LogP contribution in [0.3, 0.4) is 0 Å². The van der Waals surface area contributed by atoms with Crippen molar-refractivity contribution in [3.63, 3.8) is 0 Å². The van der Waals surface area contributed by atoms with E-state index in [9.17, 15) is 14.4 Å². The van der Waals surface area contributed by atoms with E-state index in [-0.39, 0.29) is 30.3 Å². The Morgan fingerprint density at radius 2 is 1.93 bits per heavy atom. The smallest absolute Gasteiger partial charge is 0.330 e. The van der Waals surface area contributed by atoms with Crippen molar-refractivity contribution < 1.29 is 23.9 Å². The highest BCUT2D eigenvalue weighted by Gasteiger charge is 2.46. The summed E-state index contributed by atoms with van der Waals surface area (Å²) in [4.78, 5) is 36.7. The number of amides is 1. The Morgan fingerprint density at radius 1 is 1.22 bits per heavy atom. The van der Waals surface area contributed by atoms with Crippen LogP contribution in [0.25, 0.3) is 0 Å². The summed E-state index contributed by atoms with van der Waals surface area (Å²) in [5, 5.41) is 2.95. The number of hydrogen-bond donors (Lipinski definition) is 1. The Morgan fingerprint density at radius 3 is 2.52 bits per heavy atom. The first-order valence-corrected chi connectivity index (χ1v) is 8.93. The van der Waals surface area contributed by atoms with Gasteiger partial charge in [-0.25, -0.2) is 4.79 Å². The third kappa shape index (κ3) is 5.06. The van der Waals surface area contributed by atoms with Crippen LogP contribution < -0.4 is 5.32 Å². The van der Waals surface area contributed by atoms with Crippen molar-refractivity contribution in [2.45, 2.75) is 19.4 Å². The van der Waals surface area contributed by atoms with Crippen molar-refractivity contribution in [2.24, 2.45) is 17.8 Å². The molecule has 2 rings (SSSR count). The SMILES string of the molecule is C=C[C@H]1C[C@@H](/C=C\C(=O)OC)[C@H](NC(=O)c2ccccc2)[C@@H]1C(=O)OCC. The number of hydrogen-bond acceptors (Lipinski definition) is 5. The third-order valence-electron chi connectivity index (χ3n) is 4.73. The van der Waals surface area contributed by atoms with E-state index in [4.69, 9.17) is 4.74 Å². The van der Waals surface area contributed by atoms with Gasteiger partial charge in [-0.15, -0.1) is 6.58 Å². The molecule has 27 heavy (non-hydrogen) atoms. The molecule has 144 valence electrons. The van der Waals surface area contributed by atoms with Gasteiger partial charge in [0.1, 0.15) is 0 Å². The Balaban J connectivity index is 2.30. The number of carbonyl (C=O) groups is 3. The zero-order valence-electron chi connectivity index (χ0n) is 15.6. The van der Waals surface area contributed by atoms with E-state index in [0.29, 0.717) is 12.0 Å². The van der Waals surface area contributed by atoms with Gasteiger partial charge in [0, 0.05) is 17.7 Å². The van der Waals surface area contributed by atoms with Crippen LogP contribution in [0.4, 0.5) is 0 Å². The Bertz CT molecular complexity index is 713. The summed E-state index contributed by atoms with van der Waals surface area (Å²) >= 11 is 0. The number of carbonyl (C=O) groups excluding carboxylic acids is 3. The maximum absolute atomic E-state index is 12.7. The number of ether oxygens (including phenoxy) is 2. The highest BCUT2D eigenvalue weighted by molar-refractivity contribution is 5.94. The fourth-order valence-corrected chi connectivity index (χ4v) is 3.43. The van der Waals surface area contributed by atoms with E-state index in [1.165, 1.54) is 13.2 Å². The molecule has 1 fully saturated rings. The lowest BCUT2D eigenvalue weighted by Gasteiger charge is -2.25. The molecule has 1 aromatic carbocycles. The topological polar surface area (TPSA) is 81.7 Å². The fourth-order valence-electron chi connectivity index (χ4n) is 3.43. The van der Waals surface area contributed by atoms with Gasteiger partial charge in [0.05, 0.1) is 19.6 Å². The van der Waals surface area contributed by atoms with E-state index in [1.54, 1.807) is 43.3 Å². The fraction of sp³-hybridized carbons (Fsp3) is 0.381. The summed E-state index contributed by atoms with van der Waals surface area (Å²) in [6.45, 7) is 5.81. The summed E-state index contributed by atoms with van der Waals surface area (Å²) in [7, 11) is 1.30. The molecule has 6 heteroatoms. The lowest BCUT2D eigenvalue weighted by molar-refractivity contribution is -0.149. The minimum atomic E-state index is -0.567. The Labute approximate surface area is 159 Å². The van der Waals surface area contributed by atoms with Crippen LogP contribution >= 0.6 is 0 Å². The van der Waals surface area contributed by atoms with Crippen LogP contribution in [0, 0.1) is 17.8 Å². The van der Waals surface area contributed by atoms with Crippen molar-refractivity contribution in [1.29, 1.82) is 0 Å². The van der Waals surface area contributed by atoms with E-state index in [0.717, 1.165) is 0 Å². The van der Waals surface area contributed by atoms with Crippen molar-refractivity contribution >= 4 is 17.8 Å². The van der Waals surface area contributed by atoms with Gasteiger partial charge in [0.2, 0.25) is 0 Å². The van der Waals surface area contributed by atoms with Crippen molar-refractivity contribution in [2.75, 3.05) is 13.7 Å². The molecule has 1 aliphatic carbocycles. The summed E-state index contributed by atoms with van der Waals surface area (Å²) < 4.78 is 9.85. The minimum Gasteiger partial charge on any atom is -0.466 e. The van der Waals surface area contributed by atoms with Gasteiger partial charge >= 0.3 is 11.9 Å². The maximum atomic E-state index is 12.7. The summed E-state index contributed by atoms with van der Waals surface area (Å²) in [6, 6.07) is 8.26. The molecule has 1 amide bonds. The second kappa shape index (κ2) is 9.71. The average Bonchev–Trinajstić information content (AvgIpc) is 3.04. The second-order valence-electron chi connectivity index (χ2n) is 6.32. The van der Waals surface area contributed by atoms with E-state index < -0.39 is 17.9 Å². The third-order valence-corrected chi connectivity index (χ3v) is 4.73. The Hall–Kier alpha value is -2.89. The number of methoxy groups -OCH3 is 1. The zero-order valence-corrected chi connectivity index (χ0v) is 15.6. The zero-order chi connectivity index (χ0) is 19.8. The van der Waals surface area contributed by atoms with Gasteiger partial charge in [-0.3, -0.25) is 9.59 Å². The second-order valence-corrected chi connectivity index (χ2v) is 6.32. The molecule has 4 atom stereocenters. The molecule has 6 nitrogen and oxygen atoms in total. The van der Waals surface area contributed by atoms with Crippen LogP contribution in [0.1, 0.15) is 23.7 Å². The number of rotatable bonds is 7.